The molecule has 0 aliphatic carbocycles. The van der Waals surface area contributed by atoms with E-state index in [1.54, 1.807) is 0 Å². The van der Waals surface area contributed by atoms with Gasteiger partial charge in [-0.15, -0.1) is 0 Å². The first kappa shape index (κ1) is 12.2. The van der Waals surface area contributed by atoms with Gasteiger partial charge in [0.25, 0.3) is 0 Å². The van der Waals surface area contributed by atoms with Crippen LogP contribution in [0.5, 0.6) is 5.75 Å². The maximum Gasteiger partial charge on any atom is 0.121 e. The first-order chi connectivity index (χ1) is 8.15. The van der Waals surface area contributed by atoms with E-state index in [1.807, 2.05) is 55.5 Å². The Balaban J connectivity index is 2.11. The number of halogens is 1. The number of nitrogen functional groups attached to an aromatic ring is 1. The Labute approximate surface area is 115 Å². The van der Waals surface area contributed by atoms with Gasteiger partial charge < -0.3 is 10.5 Å². The van der Waals surface area contributed by atoms with Crippen LogP contribution in [0.2, 0.25) is 0 Å². The molecule has 0 heterocycles. The van der Waals surface area contributed by atoms with E-state index < -0.39 is 0 Å². The zero-order valence-corrected chi connectivity index (χ0v) is 11.7. The van der Waals surface area contributed by atoms with Crippen molar-refractivity contribution >= 4 is 28.3 Å². The summed E-state index contributed by atoms with van der Waals surface area (Å²) in [5.41, 5.74) is 7.55. The van der Waals surface area contributed by atoms with Crippen LogP contribution in [0.15, 0.2) is 48.5 Å². The van der Waals surface area contributed by atoms with Crippen LogP contribution in [0.25, 0.3) is 0 Å². The van der Waals surface area contributed by atoms with Crippen LogP contribution in [0.3, 0.4) is 0 Å². The Morgan fingerprint density at radius 3 is 2.47 bits per heavy atom. The summed E-state index contributed by atoms with van der Waals surface area (Å²) in [6.45, 7) is 2.03. The first-order valence-electron chi connectivity index (χ1n) is 5.43. The molecule has 0 fully saturated rings. The molecule has 0 amide bonds. The van der Waals surface area contributed by atoms with Crippen molar-refractivity contribution < 1.29 is 4.74 Å². The lowest BCUT2D eigenvalue weighted by molar-refractivity contribution is 0.227. The zero-order chi connectivity index (χ0) is 12.3. The van der Waals surface area contributed by atoms with Gasteiger partial charge in [0.2, 0.25) is 0 Å². The highest BCUT2D eigenvalue weighted by molar-refractivity contribution is 14.1. The van der Waals surface area contributed by atoms with Crippen LogP contribution in [0.4, 0.5) is 5.69 Å². The van der Waals surface area contributed by atoms with E-state index in [1.165, 1.54) is 3.57 Å². The van der Waals surface area contributed by atoms with Crippen molar-refractivity contribution in [1.82, 2.24) is 0 Å². The molecule has 2 rings (SSSR count). The van der Waals surface area contributed by atoms with E-state index in [2.05, 4.69) is 22.6 Å². The number of anilines is 1. The summed E-state index contributed by atoms with van der Waals surface area (Å²) >= 11 is 2.27. The van der Waals surface area contributed by atoms with Crippen molar-refractivity contribution in [2.24, 2.45) is 0 Å². The lowest BCUT2D eigenvalue weighted by Gasteiger charge is -2.15. The number of ether oxygens (including phenoxy) is 1. The molecule has 1 unspecified atom stereocenters. The first-order valence-corrected chi connectivity index (χ1v) is 6.50. The molecule has 2 aromatic carbocycles. The largest absolute Gasteiger partial charge is 0.486 e. The van der Waals surface area contributed by atoms with E-state index >= 15 is 0 Å². The molecule has 0 saturated carbocycles. The molecule has 0 aliphatic rings. The molecular weight excluding hydrogens is 325 g/mol. The molecule has 2 aromatic rings. The van der Waals surface area contributed by atoms with Crippen LogP contribution in [0, 0.1) is 3.57 Å². The quantitative estimate of drug-likeness (QED) is 0.677. The molecule has 3 heteroatoms. The van der Waals surface area contributed by atoms with Gasteiger partial charge in [-0.3, -0.25) is 0 Å². The molecule has 0 saturated heterocycles. The number of rotatable bonds is 3. The maximum absolute atomic E-state index is 5.88. The summed E-state index contributed by atoms with van der Waals surface area (Å²) in [6.07, 6.45) is 0.0220. The normalized spacial score (nSPS) is 12.1. The van der Waals surface area contributed by atoms with Crippen LogP contribution in [0.1, 0.15) is 18.6 Å². The van der Waals surface area contributed by atoms with Crippen molar-refractivity contribution in [2.45, 2.75) is 13.0 Å². The fourth-order valence-corrected chi connectivity index (χ4v) is 2.09. The van der Waals surface area contributed by atoms with Crippen LogP contribution >= 0.6 is 22.6 Å². The standard InChI is InChI=1S/C14H14INO/c1-10(11-5-7-13(16)8-6-11)17-14-4-2-3-12(15)9-14/h2-10H,16H2,1H3. The molecular formula is C14H14INO. The molecule has 0 aliphatic heterocycles. The summed E-state index contributed by atoms with van der Waals surface area (Å²) in [6, 6.07) is 15.8. The number of benzene rings is 2. The summed E-state index contributed by atoms with van der Waals surface area (Å²) in [4.78, 5) is 0. The van der Waals surface area contributed by atoms with Crippen LogP contribution in [-0.2, 0) is 0 Å². The van der Waals surface area contributed by atoms with Crippen molar-refractivity contribution in [3.63, 3.8) is 0 Å². The monoisotopic (exact) mass is 339 g/mol. The van der Waals surface area contributed by atoms with Crippen molar-refractivity contribution in [2.75, 3.05) is 5.73 Å². The molecule has 1 atom stereocenters. The number of hydrogen-bond donors (Lipinski definition) is 1. The molecule has 0 radical (unpaired) electrons. The second-order valence-corrected chi connectivity index (χ2v) is 5.13. The fraction of sp³-hybridized carbons (Fsp3) is 0.143. The minimum atomic E-state index is 0.0220. The Morgan fingerprint density at radius 2 is 1.82 bits per heavy atom. The van der Waals surface area contributed by atoms with Gasteiger partial charge in [0, 0.05) is 9.26 Å². The minimum Gasteiger partial charge on any atom is -0.486 e. The third kappa shape index (κ3) is 3.36. The maximum atomic E-state index is 5.88. The third-order valence-electron chi connectivity index (χ3n) is 2.51. The SMILES string of the molecule is CC(Oc1cccc(I)c1)c1ccc(N)cc1. The van der Waals surface area contributed by atoms with Gasteiger partial charge in [-0.2, -0.15) is 0 Å². The van der Waals surface area contributed by atoms with Crippen molar-refractivity contribution in [1.29, 1.82) is 0 Å². The second-order valence-electron chi connectivity index (χ2n) is 3.88. The van der Waals surface area contributed by atoms with Crippen LogP contribution in [-0.4, -0.2) is 0 Å². The number of hydrogen-bond acceptors (Lipinski definition) is 2. The van der Waals surface area contributed by atoms with Gasteiger partial charge in [0.15, 0.2) is 0 Å². The van der Waals surface area contributed by atoms with Gasteiger partial charge in [0.05, 0.1) is 0 Å². The Morgan fingerprint density at radius 1 is 1.12 bits per heavy atom. The summed E-state index contributed by atoms with van der Waals surface area (Å²) in [5.74, 6) is 0.890. The highest BCUT2D eigenvalue weighted by Gasteiger charge is 2.06. The Kier molecular flexibility index (Phi) is 3.89. The highest BCUT2D eigenvalue weighted by Crippen LogP contribution is 2.23. The lowest BCUT2D eigenvalue weighted by atomic mass is 10.1. The predicted octanol–water partition coefficient (Wildman–Crippen LogP) is 4.01. The summed E-state index contributed by atoms with van der Waals surface area (Å²) in [5, 5.41) is 0. The fourth-order valence-electron chi connectivity index (χ4n) is 1.58. The summed E-state index contributed by atoms with van der Waals surface area (Å²) < 4.78 is 7.05. The van der Waals surface area contributed by atoms with Gasteiger partial charge >= 0.3 is 0 Å². The van der Waals surface area contributed by atoms with E-state index in [0.717, 1.165) is 17.0 Å². The Hall–Kier alpha value is -1.23. The van der Waals surface area contributed by atoms with Crippen molar-refractivity contribution in [3.8, 4) is 5.75 Å². The molecule has 2 N–H and O–H groups in total. The second kappa shape index (κ2) is 5.40. The van der Waals surface area contributed by atoms with Gasteiger partial charge in [-0.25, -0.2) is 0 Å². The average molecular weight is 339 g/mol. The lowest BCUT2D eigenvalue weighted by Crippen LogP contribution is -2.03. The van der Waals surface area contributed by atoms with E-state index in [9.17, 15) is 0 Å². The smallest absolute Gasteiger partial charge is 0.121 e. The molecule has 88 valence electrons. The molecule has 0 bridgehead atoms. The average Bonchev–Trinajstić information content (AvgIpc) is 2.29. The minimum absolute atomic E-state index is 0.0220. The predicted molar refractivity (Wildman–Crippen MR) is 79.1 cm³/mol. The van der Waals surface area contributed by atoms with Crippen LogP contribution < -0.4 is 10.5 Å². The van der Waals surface area contributed by atoms with Crippen molar-refractivity contribution in [3.05, 3.63) is 57.7 Å². The molecule has 2 nitrogen and oxygen atoms in total. The van der Waals surface area contributed by atoms with Gasteiger partial charge in [-0.05, 0) is 65.4 Å². The molecule has 17 heavy (non-hydrogen) atoms. The van der Waals surface area contributed by atoms with E-state index in [4.69, 9.17) is 10.5 Å². The molecule has 0 aromatic heterocycles. The van der Waals surface area contributed by atoms with E-state index in [-0.39, 0.29) is 6.10 Å². The van der Waals surface area contributed by atoms with Gasteiger partial charge in [-0.1, -0.05) is 18.2 Å². The zero-order valence-electron chi connectivity index (χ0n) is 9.56. The summed E-state index contributed by atoms with van der Waals surface area (Å²) in [7, 11) is 0. The number of nitrogens with two attached hydrogens (primary N) is 1. The van der Waals surface area contributed by atoms with E-state index in [0.29, 0.717) is 0 Å². The highest BCUT2D eigenvalue weighted by atomic mass is 127. The molecule has 0 spiro atoms. The third-order valence-corrected chi connectivity index (χ3v) is 3.19. The topological polar surface area (TPSA) is 35.2 Å². The Bertz CT molecular complexity index is 496. The van der Waals surface area contributed by atoms with Gasteiger partial charge in [0.1, 0.15) is 11.9 Å².